The van der Waals surface area contributed by atoms with E-state index in [9.17, 15) is 9.59 Å². The van der Waals surface area contributed by atoms with Crippen molar-refractivity contribution >= 4 is 12.3 Å². The molecule has 0 radical (unpaired) electrons. The van der Waals surface area contributed by atoms with Crippen LogP contribution in [-0.2, 0) is 4.74 Å². The maximum Gasteiger partial charge on any atom is 0.357 e. The van der Waals surface area contributed by atoms with Gasteiger partial charge in [-0.15, -0.1) is 0 Å². The zero-order chi connectivity index (χ0) is 11.4. The van der Waals surface area contributed by atoms with Crippen molar-refractivity contribution in [1.82, 2.24) is 4.98 Å². The summed E-state index contributed by atoms with van der Waals surface area (Å²) in [6.45, 7) is 1.64. The maximum absolute atomic E-state index is 11.3. The molecule has 15 heavy (non-hydrogen) atoms. The van der Waals surface area contributed by atoms with E-state index in [-0.39, 0.29) is 5.69 Å². The normalized spacial score (nSPS) is 9.53. The van der Waals surface area contributed by atoms with E-state index in [1.165, 1.54) is 20.4 Å². The Bertz CT molecular complexity index is 401. The van der Waals surface area contributed by atoms with Crippen LogP contribution >= 0.6 is 0 Å². The molecule has 0 aliphatic rings. The Hall–Kier alpha value is -1.91. The molecule has 0 bridgehead atoms. The van der Waals surface area contributed by atoms with Crippen LogP contribution < -0.4 is 4.74 Å². The summed E-state index contributed by atoms with van der Waals surface area (Å²) in [7, 11) is 2.69. The molecule has 5 heteroatoms. The number of ether oxygens (including phenoxy) is 2. The Balaban J connectivity index is 3.35. The molecule has 1 aromatic heterocycles. The van der Waals surface area contributed by atoms with Crippen molar-refractivity contribution in [3.63, 3.8) is 0 Å². The first-order chi connectivity index (χ1) is 7.15. The molecule has 0 amide bonds. The lowest BCUT2D eigenvalue weighted by molar-refractivity contribution is 0.0592. The molecule has 80 valence electrons. The molecule has 1 rings (SSSR count). The zero-order valence-corrected chi connectivity index (χ0v) is 8.73. The van der Waals surface area contributed by atoms with Gasteiger partial charge in [0.15, 0.2) is 12.0 Å². The topological polar surface area (TPSA) is 65.5 Å². The molecule has 0 fully saturated rings. The lowest BCUT2D eigenvalue weighted by Crippen LogP contribution is -2.09. The highest BCUT2D eigenvalue weighted by molar-refractivity contribution is 5.91. The summed E-state index contributed by atoms with van der Waals surface area (Å²) in [5, 5.41) is 0. The molecule has 1 heterocycles. The van der Waals surface area contributed by atoms with Crippen LogP contribution in [0.1, 0.15) is 26.4 Å². The standard InChI is InChI=1S/C10H11NO4/c1-6-8(10(13)15-3)11-4-7(5-12)9(6)14-2/h4-5H,1-3H3. The fourth-order valence-electron chi connectivity index (χ4n) is 1.27. The van der Waals surface area contributed by atoms with Crippen LogP contribution in [0.25, 0.3) is 0 Å². The number of hydrogen-bond acceptors (Lipinski definition) is 5. The van der Waals surface area contributed by atoms with Crippen molar-refractivity contribution < 1.29 is 19.1 Å². The fraction of sp³-hybridized carbons (Fsp3) is 0.300. The molecule has 0 atom stereocenters. The molecule has 0 saturated carbocycles. The van der Waals surface area contributed by atoms with Gasteiger partial charge in [0.05, 0.1) is 19.8 Å². The van der Waals surface area contributed by atoms with E-state index in [1.54, 1.807) is 6.92 Å². The number of aromatic nitrogens is 1. The lowest BCUT2D eigenvalue weighted by atomic mass is 10.1. The maximum atomic E-state index is 11.3. The van der Waals surface area contributed by atoms with Gasteiger partial charge < -0.3 is 9.47 Å². The van der Waals surface area contributed by atoms with Gasteiger partial charge in [-0.3, -0.25) is 4.79 Å². The van der Waals surface area contributed by atoms with Crippen molar-refractivity contribution in [3.05, 3.63) is 23.0 Å². The SMILES string of the molecule is COC(=O)c1ncc(C=O)c(OC)c1C. The monoisotopic (exact) mass is 209 g/mol. The summed E-state index contributed by atoms with van der Waals surface area (Å²) in [5.74, 6) is -0.205. The molecule has 1 aromatic rings. The molecule has 5 nitrogen and oxygen atoms in total. The summed E-state index contributed by atoms with van der Waals surface area (Å²) in [6, 6.07) is 0. The second-order valence-corrected chi connectivity index (χ2v) is 2.83. The summed E-state index contributed by atoms with van der Waals surface area (Å²) >= 11 is 0. The second kappa shape index (κ2) is 4.54. The quantitative estimate of drug-likeness (QED) is 0.548. The summed E-state index contributed by atoms with van der Waals surface area (Å²) in [4.78, 5) is 25.8. The number of methoxy groups -OCH3 is 2. The van der Waals surface area contributed by atoms with Gasteiger partial charge in [0, 0.05) is 11.8 Å². The van der Waals surface area contributed by atoms with Gasteiger partial charge in [-0.05, 0) is 6.92 Å². The largest absolute Gasteiger partial charge is 0.496 e. The number of esters is 1. The minimum Gasteiger partial charge on any atom is -0.496 e. The predicted molar refractivity (Wildman–Crippen MR) is 52.3 cm³/mol. The minimum atomic E-state index is -0.553. The molecule has 0 aromatic carbocycles. The van der Waals surface area contributed by atoms with E-state index < -0.39 is 5.97 Å². The second-order valence-electron chi connectivity index (χ2n) is 2.83. The van der Waals surface area contributed by atoms with E-state index in [0.29, 0.717) is 23.2 Å². The molecule has 0 spiro atoms. The first-order valence-corrected chi connectivity index (χ1v) is 4.22. The molecule has 0 aliphatic carbocycles. The number of carbonyl (C=O) groups excluding carboxylic acids is 2. The smallest absolute Gasteiger partial charge is 0.357 e. The third-order valence-electron chi connectivity index (χ3n) is 2.00. The van der Waals surface area contributed by atoms with Gasteiger partial charge in [0.1, 0.15) is 5.75 Å². The number of hydrogen-bond donors (Lipinski definition) is 0. The molecular weight excluding hydrogens is 198 g/mol. The van der Waals surface area contributed by atoms with Crippen LogP contribution in [0.5, 0.6) is 5.75 Å². The Kier molecular flexibility index (Phi) is 3.38. The van der Waals surface area contributed by atoms with Gasteiger partial charge in [-0.2, -0.15) is 0 Å². The van der Waals surface area contributed by atoms with Crippen LogP contribution in [0.4, 0.5) is 0 Å². The van der Waals surface area contributed by atoms with Gasteiger partial charge in [-0.25, -0.2) is 9.78 Å². The Morgan fingerprint density at radius 3 is 2.60 bits per heavy atom. The van der Waals surface area contributed by atoms with Gasteiger partial charge in [0.2, 0.25) is 0 Å². The summed E-state index contributed by atoms with van der Waals surface area (Å²) < 4.78 is 9.57. The molecule has 0 N–H and O–H groups in total. The van der Waals surface area contributed by atoms with Crippen LogP contribution in [0, 0.1) is 6.92 Å². The molecular formula is C10H11NO4. The number of aldehydes is 1. The van der Waals surface area contributed by atoms with Crippen LogP contribution in [0.3, 0.4) is 0 Å². The Morgan fingerprint density at radius 2 is 2.13 bits per heavy atom. The van der Waals surface area contributed by atoms with E-state index in [0.717, 1.165) is 0 Å². The lowest BCUT2D eigenvalue weighted by Gasteiger charge is -2.09. The van der Waals surface area contributed by atoms with Crippen molar-refractivity contribution in [2.75, 3.05) is 14.2 Å². The highest BCUT2D eigenvalue weighted by Crippen LogP contribution is 2.23. The summed E-state index contributed by atoms with van der Waals surface area (Å²) in [5.41, 5.74) is 0.955. The van der Waals surface area contributed by atoms with E-state index in [4.69, 9.17) is 4.74 Å². The molecule has 0 unspecified atom stereocenters. The highest BCUT2D eigenvalue weighted by Gasteiger charge is 2.17. The van der Waals surface area contributed by atoms with Gasteiger partial charge in [0.25, 0.3) is 0 Å². The average molecular weight is 209 g/mol. The number of nitrogens with zero attached hydrogens (tertiary/aromatic N) is 1. The molecule has 0 aliphatic heterocycles. The number of pyridine rings is 1. The van der Waals surface area contributed by atoms with Crippen LogP contribution in [0.2, 0.25) is 0 Å². The minimum absolute atomic E-state index is 0.153. The number of carbonyl (C=O) groups is 2. The first kappa shape index (κ1) is 11.2. The third kappa shape index (κ3) is 1.96. The van der Waals surface area contributed by atoms with E-state index in [1.807, 2.05) is 0 Å². The van der Waals surface area contributed by atoms with Crippen molar-refractivity contribution in [2.24, 2.45) is 0 Å². The average Bonchev–Trinajstić information content (AvgIpc) is 2.27. The third-order valence-corrected chi connectivity index (χ3v) is 2.00. The zero-order valence-electron chi connectivity index (χ0n) is 8.73. The molecule has 0 saturated heterocycles. The summed E-state index contributed by atoms with van der Waals surface area (Å²) in [6.07, 6.45) is 1.91. The number of rotatable bonds is 3. The van der Waals surface area contributed by atoms with Crippen molar-refractivity contribution in [3.8, 4) is 5.75 Å². The fourth-order valence-corrected chi connectivity index (χ4v) is 1.27. The van der Waals surface area contributed by atoms with Crippen LogP contribution in [0.15, 0.2) is 6.20 Å². The van der Waals surface area contributed by atoms with E-state index in [2.05, 4.69) is 9.72 Å². The van der Waals surface area contributed by atoms with E-state index >= 15 is 0 Å². The highest BCUT2D eigenvalue weighted by atomic mass is 16.5. The predicted octanol–water partition coefficient (Wildman–Crippen LogP) is 0.998. The van der Waals surface area contributed by atoms with Gasteiger partial charge in [-0.1, -0.05) is 0 Å². The first-order valence-electron chi connectivity index (χ1n) is 4.22. The Labute approximate surface area is 87.0 Å². The van der Waals surface area contributed by atoms with Crippen molar-refractivity contribution in [1.29, 1.82) is 0 Å². The van der Waals surface area contributed by atoms with Crippen molar-refractivity contribution in [2.45, 2.75) is 6.92 Å². The Morgan fingerprint density at radius 1 is 1.47 bits per heavy atom. The van der Waals surface area contributed by atoms with Crippen LogP contribution in [-0.4, -0.2) is 31.5 Å². The van der Waals surface area contributed by atoms with Gasteiger partial charge >= 0.3 is 5.97 Å².